The number of rotatable bonds is 8. The van der Waals surface area contributed by atoms with Crippen molar-refractivity contribution in [1.82, 2.24) is 15.0 Å². The zero-order valence-corrected chi connectivity index (χ0v) is 28.1. The summed E-state index contributed by atoms with van der Waals surface area (Å²) < 4.78 is 5.84. The van der Waals surface area contributed by atoms with Crippen molar-refractivity contribution in [3.8, 4) is 16.9 Å². The summed E-state index contributed by atoms with van der Waals surface area (Å²) in [5.74, 6) is 1.82. The fourth-order valence-electron chi connectivity index (χ4n) is 4.23. The summed E-state index contributed by atoms with van der Waals surface area (Å²) in [6.07, 6.45) is 7.73. The van der Waals surface area contributed by atoms with E-state index in [1.54, 1.807) is 0 Å². The maximum atomic E-state index is 5.84. The highest BCUT2D eigenvalue weighted by molar-refractivity contribution is 5.84. The van der Waals surface area contributed by atoms with Crippen LogP contribution in [-0.4, -0.2) is 28.1 Å². The SMILES string of the molecule is CCC.CCCC.CCCOc1ccc(-c2ccc3nc(NCC)[nH]c3c2)cc1CC.Cc1ccc2c(C)ccnc2c1. The molecule has 0 aliphatic rings. The first kappa shape index (κ1) is 35.3. The van der Waals surface area contributed by atoms with E-state index in [9.17, 15) is 0 Å². The number of anilines is 1. The first-order chi connectivity index (χ1) is 20.8. The van der Waals surface area contributed by atoms with Gasteiger partial charge in [-0.15, -0.1) is 0 Å². The van der Waals surface area contributed by atoms with Crippen molar-refractivity contribution in [3.63, 3.8) is 0 Å². The van der Waals surface area contributed by atoms with Gasteiger partial charge < -0.3 is 15.0 Å². The molecular weight excluding hydrogens is 528 g/mol. The predicted octanol–water partition coefficient (Wildman–Crippen LogP) is 11.1. The molecule has 0 saturated heterocycles. The minimum atomic E-state index is 0.764. The van der Waals surface area contributed by atoms with E-state index in [1.807, 2.05) is 12.3 Å². The highest BCUT2D eigenvalue weighted by atomic mass is 16.5. The molecule has 0 fully saturated rings. The second-order valence-corrected chi connectivity index (χ2v) is 10.7. The van der Waals surface area contributed by atoms with Gasteiger partial charge in [-0.1, -0.05) is 85.1 Å². The lowest BCUT2D eigenvalue weighted by Gasteiger charge is -2.12. The number of aromatic amines is 1. The summed E-state index contributed by atoms with van der Waals surface area (Å²) in [5, 5.41) is 4.47. The van der Waals surface area contributed by atoms with Crippen LogP contribution in [0, 0.1) is 13.8 Å². The monoisotopic (exact) mass is 582 g/mol. The van der Waals surface area contributed by atoms with Crippen molar-refractivity contribution in [3.05, 3.63) is 83.6 Å². The normalized spacial score (nSPS) is 10.2. The molecule has 0 unspecified atom stereocenters. The third-order valence-corrected chi connectivity index (χ3v) is 6.68. The number of nitrogens with zero attached hydrogens (tertiary/aromatic N) is 2. The van der Waals surface area contributed by atoms with Crippen LogP contribution in [0.4, 0.5) is 5.95 Å². The third-order valence-electron chi connectivity index (χ3n) is 6.68. The average Bonchev–Trinajstić information content (AvgIpc) is 3.43. The van der Waals surface area contributed by atoms with Crippen LogP contribution in [0.1, 0.15) is 90.8 Å². The smallest absolute Gasteiger partial charge is 0.201 e. The largest absolute Gasteiger partial charge is 0.493 e. The van der Waals surface area contributed by atoms with Gasteiger partial charge in [-0.25, -0.2) is 4.98 Å². The number of H-pyrrole nitrogens is 1. The predicted molar refractivity (Wildman–Crippen MR) is 189 cm³/mol. The van der Waals surface area contributed by atoms with E-state index < -0.39 is 0 Å². The second-order valence-electron chi connectivity index (χ2n) is 10.7. The summed E-state index contributed by atoms with van der Waals surface area (Å²) in [7, 11) is 0. The number of aromatic nitrogens is 3. The number of benzene rings is 3. The van der Waals surface area contributed by atoms with E-state index in [0.29, 0.717) is 0 Å². The Labute approximate surface area is 260 Å². The van der Waals surface area contributed by atoms with Crippen LogP contribution in [-0.2, 0) is 6.42 Å². The van der Waals surface area contributed by atoms with E-state index in [1.165, 1.54) is 52.5 Å². The van der Waals surface area contributed by atoms with Crippen molar-refractivity contribution in [2.75, 3.05) is 18.5 Å². The van der Waals surface area contributed by atoms with Crippen molar-refractivity contribution in [1.29, 1.82) is 0 Å². The number of aryl methyl sites for hydroxylation is 3. The number of hydrogen-bond donors (Lipinski definition) is 2. The molecule has 2 heterocycles. The lowest BCUT2D eigenvalue weighted by Crippen LogP contribution is -1.98. The Balaban J connectivity index is 0.000000281. The lowest BCUT2D eigenvalue weighted by molar-refractivity contribution is 0.314. The summed E-state index contributed by atoms with van der Waals surface area (Å²) in [4.78, 5) is 12.2. The highest BCUT2D eigenvalue weighted by Crippen LogP contribution is 2.29. The average molecular weight is 583 g/mol. The fraction of sp³-hybridized carbons (Fsp3) is 0.421. The van der Waals surface area contributed by atoms with Gasteiger partial charge in [-0.3, -0.25) is 4.98 Å². The summed E-state index contributed by atoms with van der Waals surface area (Å²) in [6.45, 7) is 20.8. The number of pyridine rings is 1. The molecule has 0 atom stereocenters. The topological polar surface area (TPSA) is 62.8 Å². The van der Waals surface area contributed by atoms with Crippen LogP contribution in [0.3, 0.4) is 0 Å². The zero-order chi connectivity index (χ0) is 31.6. The number of fused-ring (bicyclic) bond motifs is 2. The molecule has 3 aromatic carbocycles. The molecule has 0 spiro atoms. The molecule has 5 heteroatoms. The van der Waals surface area contributed by atoms with Gasteiger partial charge in [0.2, 0.25) is 5.95 Å². The molecule has 43 heavy (non-hydrogen) atoms. The summed E-state index contributed by atoms with van der Waals surface area (Å²) in [6, 6.07) is 21.2. The van der Waals surface area contributed by atoms with Crippen LogP contribution in [0.5, 0.6) is 5.75 Å². The third kappa shape index (κ3) is 11.1. The Morgan fingerprint density at radius 1 is 0.744 bits per heavy atom. The van der Waals surface area contributed by atoms with Crippen LogP contribution < -0.4 is 10.1 Å². The van der Waals surface area contributed by atoms with E-state index in [2.05, 4.69) is 137 Å². The molecule has 0 saturated carbocycles. The Morgan fingerprint density at radius 2 is 1.44 bits per heavy atom. The van der Waals surface area contributed by atoms with Gasteiger partial charge in [0.1, 0.15) is 5.75 Å². The molecule has 5 nitrogen and oxygen atoms in total. The van der Waals surface area contributed by atoms with E-state index in [-0.39, 0.29) is 0 Å². The van der Waals surface area contributed by atoms with Crippen molar-refractivity contribution >= 4 is 27.9 Å². The zero-order valence-electron chi connectivity index (χ0n) is 28.1. The highest BCUT2D eigenvalue weighted by Gasteiger charge is 2.08. The van der Waals surface area contributed by atoms with Crippen molar-refractivity contribution in [2.24, 2.45) is 0 Å². The number of unbranched alkanes of at least 4 members (excludes halogenated alkanes) is 1. The number of nitrogens with one attached hydrogen (secondary N) is 2. The minimum Gasteiger partial charge on any atom is -0.493 e. The maximum absolute atomic E-state index is 5.84. The van der Waals surface area contributed by atoms with E-state index >= 15 is 0 Å². The molecule has 0 amide bonds. The van der Waals surface area contributed by atoms with Gasteiger partial charge in [-0.05, 0) is 97.8 Å². The minimum absolute atomic E-state index is 0.764. The Kier molecular flexibility index (Phi) is 15.9. The molecule has 5 rings (SSSR count). The van der Waals surface area contributed by atoms with Crippen molar-refractivity contribution in [2.45, 2.75) is 94.4 Å². The van der Waals surface area contributed by atoms with Crippen LogP contribution in [0.2, 0.25) is 0 Å². The quantitative estimate of drug-likeness (QED) is 0.191. The van der Waals surface area contributed by atoms with E-state index in [0.717, 1.165) is 54.2 Å². The Hall–Kier alpha value is -3.86. The molecule has 5 aromatic rings. The standard InChI is InChI=1S/C20H25N3O.C11H11N.C4H10.C3H8/c1-4-11-24-19-10-8-15(12-14(19)5-2)16-7-9-17-18(13-16)23-20(22-17)21-6-3;1-8-3-4-10-9(2)5-6-12-11(10)7-8;1-3-4-2;1-3-2/h7-10,12-13H,4-6,11H2,1-3H3,(H2,21,22,23);3-7H,1-2H3;3-4H2,1-2H3;3H2,1-2H3. The molecular formula is C38H54N4O. The van der Waals surface area contributed by atoms with Gasteiger partial charge >= 0.3 is 0 Å². The maximum Gasteiger partial charge on any atom is 0.201 e. The van der Waals surface area contributed by atoms with Crippen molar-refractivity contribution < 1.29 is 4.74 Å². The Bertz CT molecular complexity index is 1500. The second kappa shape index (κ2) is 19.4. The van der Waals surface area contributed by atoms with Gasteiger partial charge in [0.25, 0.3) is 0 Å². The van der Waals surface area contributed by atoms with Crippen LogP contribution in [0.15, 0.2) is 66.9 Å². The van der Waals surface area contributed by atoms with Gasteiger partial charge in [0.15, 0.2) is 0 Å². The first-order valence-electron chi connectivity index (χ1n) is 16.2. The first-order valence-corrected chi connectivity index (χ1v) is 16.2. The van der Waals surface area contributed by atoms with Gasteiger partial charge in [0.05, 0.1) is 23.2 Å². The molecule has 232 valence electrons. The van der Waals surface area contributed by atoms with E-state index in [4.69, 9.17) is 4.74 Å². The molecule has 0 aliphatic carbocycles. The number of hydrogen-bond acceptors (Lipinski definition) is 4. The molecule has 0 bridgehead atoms. The lowest BCUT2D eigenvalue weighted by atomic mass is 10.0. The molecule has 2 N–H and O–H groups in total. The molecule has 0 radical (unpaired) electrons. The molecule has 0 aliphatic heterocycles. The van der Waals surface area contributed by atoms with Crippen LogP contribution >= 0.6 is 0 Å². The summed E-state index contributed by atoms with van der Waals surface area (Å²) >= 11 is 0. The van der Waals surface area contributed by atoms with Crippen LogP contribution in [0.25, 0.3) is 33.1 Å². The molecule has 2 aromatic heterocycles. The summed E-state index contributed by atoms with van der Waals surface area (Å²) in [5.41, 5.74) is 9.32. The number of imidazole rings is 1. The van der Waals surface area contributed by atoms with Gasteiger partial charge in [-0.2, -0.15) is 0 Å². The fourth-order valence-corrected chi connectivity index (χ4v) is 4.23. The van der Waals surface area contributed by atoms with Gasteiger partial charge in [0, 0.05) is 18.1 Å². The Morgan fingerprint density at radius 3 is 2.09 bits per heavy atom. The number of ether oxygens (including phenoxy) is 1.